The first-order valence-corrected chi connectivity index (χ1v) is 15.2. The summed E-state index contributed by atoms with van der Waals surface area (Å²) in [4.78, 5) is 0.0936. The monoisotopic (exact) mass is 556 g/mol. The van der Waals surface area contributed by atoms with Crippen LogP contribution < -0.4 is 14.8 Å². The Balaban J connectivity index is 1.40. The zero-order valence-corrected chi connectivity index (χ0v) is 23.2. The van der Waals surface area contributed by atoms with Gasteiger partial charge < -0.3 is 19.5 Å². The number of hydrogen-bond donors (Lipinski definition) is 1. The summed E-state index contributed by atoms with van der Waals surface area (Å²) in [5.74, 6) is 1.29. The van der Waals surface area contributed by atoms with Crippen molar-refractivity contribution in [3.05, 3.63) is 66.1 Å². The topological polar surface area (TPSA) is 78.8 Å². The van der Waals surface area contributed by atoms with E-state index in [9.17, 15) is 8.42 Å². The fraction of sp³-hybridized carbons (Fsp3) is 0.467. The number of ether oxygens (including phenoxy) is 3. The van der Waals surface area contributed by atoms with E-state index in [-0.39, 0.29) is 16.2 Å². The van der Waals surface area contributed by atoms with Gasteiger partial charge in [-0.1, -0.05) is 18.9 Å². The molecule has 1 N–H and O–H groups in total. The summed E-state index contributed by atoms with van der Waals surface area (Å²) in [6.45, 7) is 2.96. The summed E-state index contributed by atoms with van der Waals surface area (Å²) in [7, 11) is -2.25. The van der Waals surface area contributed by atoms with Crippen LogP contribution in [0.3, 0.4) is 0 Å². The quantitative estimate of drug-likeness (QED) is 0.330. The standard InChI is InChI=1S/C30H37FN2O5S/c1-32-18-24-15-30(28-10-9-26(17-29(28)31)38-21-23-11-13-36-14-12-23)33(19-24)39(34,35)27-8-4-7-25(16-27)37-20-22-5-2-3-6-22/h4,7-10,15-17,19,22-23,32H,2-3,5-6,11-14,18,20-21H2,1H3. The lowest BCUT2D eigenvalue weighted by Crippen LogP contribution is -2.21. The van der Waals surface area contributed by atoms with E-state index in [2.05, 4.69) is 5.32 Å². The number of halogens is 1. The summed E-state index contributed by atoms with van der Waals surface area (Å²) < 4.78 is 61.5. The molecule has 1 aliphatic heterocycles. The van der Waals surface area contributed by atoms with Crippen LogP contribution in [0.5, 0.6) is 11.5 Å². The first-order valence-electron chi connectivity index (χ1n) is 13.8. The highest BCUT2D eigenvalue weighted by Crippen LogP contribution is 2.32. The third-order valence-electron chi connectivity index (χ3n) is 7.59. The fourth-order valence-electron chi connectivity index (χ4n) is 5.34. The predicted molar refractivity (Wildman–Crippen MR) is 148 cm³/mol. The summed E-state index contributed by atoms with van der Waals surface area (Å²) in [6.07, 6.45) is 8.11. The molecular formula is C30H37FN2O5S. The number of nitrogens with one attached hydrogen (secondary N) is 1. The van der Waals surface area contributed by atoms with E-state index >= 15 is 4.39 Å². The van der Waals surface area contributed by atoms with Gasteiger partial charge in [-0.05, 0) is 80.5 Å². The number of aromatic nitrogens is 1. The molecule has 2 aliphatic rings. The molecule has 3 aromatic rings. The average molecular weight is 557 g/mol. The Morgan fingerprint density at radius 1 is 0.949 bits per heavy atom. The van der Waals surface area contributed by atoms with Crippen molar-refractivity contribution in [2.45, 2.75) is 50.0 Å². The van der Waals surface area contributed by atoms with Crippen LogP contribution in [0.25, 0.3) is 11.3 Å². The van der Waals surface area contributed by atoms with Crippen LogP contribution in [-0.2, 0) is 21.3 Å². The van der Waals surface area contributed by atoms with E-state index in [1.54, 1.807) is 55.7 Å². The second-order valence-corrected chi connectivity index (χ2v) is 12.3. The molecule has 2 aromatic carbocycles. The molecule has 7 nitrogen and oxygen atoms in total. The first kappa shape index (κ1) is 27.7. The van der Waals surface area contributed by atoms with Gasteiger partial charge in [0.15, 0.2) is 0 Å². The Morgan fingerprint density at radius 3 is 2.33 bits per heavy atom. The number of nitrogens with zero attached hydrogens (tertiary/aromatic N) is 1. The van der Waals surface area contributed by atoms with Crippen LogP contribution in [0.4, 0.5) is 4.39 Å². The maximum absolute atomic E-state index is 15.4. The molecule has 9 heteroatoms. The van der Waals surface area contributed by atoms with Crippen molar-refractivity contribution < 1.29 is 27.0 Å². The minimum absolute atomic E-state index is 0.0936. The third kappa shape index (κ3) is 6.65. The molecule has 210 valence electrons. The largest absolute Gasteiger partial charge is 0.493 e. The van der Waals surface area contributed by atoms with Crippen molar-refractivity contribution in [3.63, 3.8) is 0 Å². The summed E-state index contributed by atoms with van der Waals surface area (Å²) in [6, 6.07) is 12.9. The lowest BCUT2D eigenvalue weighted by atomic mass is 10.0. The molecule has 0 atom stereocenters. The Morgan fingerprint density at radius 2 is 1.64 bits per heavy atom. The molecular weight excluding hydrogens is 519 g/mol. The Hall–Kier alpha value is -2.88. The molecule has 5 rings (SSSR count). The zero-order valence-electron chi connectivity index (χ0n) is 22.4. The maximum Gasteiger partial charge on any atom is 0.268 e. The molecule has 0 unspecified atom stereocenters. The van der Waals surface area contributed by atoms with Crippen molar-refractivity contribution in [2.75, 3.05) is 33.5 Å². The molecule has 1 saturated carbocycles. The molecule has 39 heavy (non-hydrogen) atoms. The highest BCUT2D eigenvalue weighted by molar-refractivity contribution is 7.90. The number of hydrogen-bond acceptors (Lipinski definition) is 6. The Labute approximate surface area is 230 Å². The van der Waals surface area contributed by atoms with Crippen LogP contribution in [-0.4, -0.2) is 45.9 Å². The molecule has 1 saturated heterocycles. The van der Waals surface area contributed by atoms with E-state index < -0.39 is 15.8 Å². The van der Waals surface area contributed by atoms with Gasteiger partial charge in [0, 0.05) is 43.7 Å². The zero-order chi connectivity index (χ0) is 27.2. The van der Waals surface area contributed by atoms with Crippen molar-refractivity contribution in [1.29, 1.82) is 0 Å². The SMILES string of the molecule is CNCc1cc(-c2ccc(OCC3CCOCC3)cc2F)n(S(=O)(=O)c2cccc(OCC3CCCC3)c2)c1. The van der Waals surface area contributed by atoms with Crippen molar-refractivity contribution in [2.24, 2.45) is 11.8 Å². The van der Waals surface area contributed by atoms with Crippen LogP contribution >= 0.6 is 0 Å². The second kappa shape index (κ2) is 12.5. The lowest BCUT2D eigenvalue weighted by Gasteiger charge is -2.22. The summed E-state index contributed by atoms with van der Waals surface area (Å²) in [5, 5.41) is 3.04. The van der Waals surface area contributed by atoms with E-state index in [1.807, 2.05) is 0 Å². The smallest absolute Gasteiger partial charge is 0.268 e. The average Bonchev–Trinajstić information content (AvgIpc) is 3.63. The van der Waals surface area contributed by atoms with E-state index in [1.165, 1.54) is 18.9 Å². The predicted octanol–water partition coefficient (Wildman–Crippen LogP) is 5.63. The van der Waals surface area contributed by atoms with Crippen molar-refractivity contribution in [3.8, 4) is 22.8 Å². The molecule has 1 aliphatic carbocycles. The van der Waals surface area contributed by atoms with Gasteiger partial charge in [0.1, 0.15) is 17.3 Å². The van der Waals surface area contributed by atoms with Gasteiger partial charge in [-0.3, -0.25) is 0 Å². The second-order valence-electron chi connectivity index (χ2n) is 10.5. The highest BCUT2D eigenvalue weighted by Gasteiger charge is 2.25. The van der Waals surface area contributed by atoms with E-state index in [0.717, 1.165) is 48.4 Å². The van der Waals surface area contributed by atoms with Crippen LogP contribution in [0, 0.1) is 17.7 Å². The van der Waals surface area contributed by atoms with Gasteiger partial charge in [0.25, 0.3) is 10.0 Å². The van der Waals surface area contributed by atoms with Crippen LogP contribution in [0.2, 0.25) is 0 Å². The Kier molecular flexibility index (Phi) is 8.89. The molecule has 0 spiro atoms. The highest BCUT2D eigenvalue weighted by atomic mass is 32.2. The fourth-order valence-corrected chi connectivity index (χ4v) is 6.77. The van der Waals surface area contributed by atoms with Gasteiger partial charge in [-0.15, -0.1) is 0 Å². The van der Waals surface area contributed by atoms with E-state index in [0.29, 0.717) is 43.1 Å². The van der Waals surface area contributed by atoms with Gasteiger partial charge in [0.2, 0.25) is 0 Å². The molecule has 2 heterocycles. The third-order valence-corrected chi connectivity index (χ3v) is 9.26. The maximum atomic E-state index is 15.4. The summed E-state index contributed by atoms with van der Waals surface area (Å²) in [5.41, 5.74) is 1.17. The molecule has 0 bridgehead atoms. The van der Waals surface area contributed by atoms with Crippen molar-refractivity contribution >= 4 is 10.0 Å². The van der Waals surface area contributed by atoms with Gasteiger partial charge in [-0.2, -0.15) is 0 Å². The molecule has 2 fully saturated rings. The summed E-state index contributed by atoms with van der Waals surface area (Å²) >= 11 is 0. The Bertz CT molecular complexity index is 1360. The minimum Gasteiger partial charge on any atom is -0.493 e. The van der Waals surface area contributed by atoms with Crippen LogP contribution in [0.15, 0.2) is 59.6 Å². The molecule has 0 radical (unpaired) electrons. The first-order chi connectivity index (χ1) is 18.9. The van der Waals surface area contributed by atoms with E-state index in [4.69, 9.17) is 14.2 Å². The molecule has 0 amide bonds. The lowest BCUT2D eigenvalue weighted by molar-refractivity contribution is 0.0497. The van der Waals surface area contributed by atoms with Gasteiger partial charge in [-0.25, -0.2) is 16.8 Å². The normalized spacial score (nSPS) is 17.0. The van der Waals surface area contributed by atoms with Gasteiger partial charge in [0.05, 0.1) is 23.8 Å². The van der Waals surface area contributed by atoms with Crippen molar-refractivity contribution in [1.82, 2.24) is 9.29 Å². The van der Waals surface area contributed by atoms with Gasteiger partial charge >= 0.3 is 0 Å². The number of benzene rings is 2. The minimum atomic E-state index is -4.03. The number of rotatable bonds is 11. The van der Waals surface area contributed by atoms with Crippen LogP contribution in [0.1, 0.15) is 44.1 Å². The molecule has 1 aromatic heterocycles.